The Bertz CT molecular complexity index is 400. The molecule has 72 valence electrons. The Balaban J connectivity index is 1.98. The van der Waals surface area contributed by atoms with Gasteiger partial charge in [-0.25, -0.2) is 5.10 Å². The summed E-state index contributed by atoms with van der Waals surface area (Å²) in [6, 6.07) is 0. The van der Waals surface area contributed by atoms with E-state index in [0.717, 1.165) is 11.4 Å². The van der Waals surface area contributed by atoms with Gasteiger partial charge in [0.05, 0.1) is 17.5 Å². The van der Waals surface area contributed by atoms with Crippen molar-refractivity contribution in [1.29, 1.82) is 0 Å². The number of hydrogen-bond donors (Lipinski definition) is 1. The van der Waals surface area contributed by atoms with Crippen LogP contribution in [-0.4, -0.2) is 42.6 Å². The van der Waals surface area contributed by atoms with Crippen LogP contribution in [0, 0.1) is 0 Å². The van der Waals surface area contributed by atoms with Gasteiger partial charge in [-0.1, -0.05) is 0 Å². The van der Waals surface area contributed by atoms with Crippen molar-refractivity contribution in [1.82, 2.24) is 25.5 Å². The lowest BCUT2D eigenvalue weighted by atomic mass is 10.1. The van der Waals surface area contributed by atoms with Gasteiger partial charge in [0.2, 0.25) is 5.91 Å². The number of amides is 1. The zero-order valence-electron chi connectivity index (χ0n) is 7.17. The van der Waals surface area contributed by atoms with Crippen molar-refractivity contribution < 1.29 is 4.79 Å². The van der Waals surface area contributed by atoms with E-state index in [4.69, 9.17) is 0 Å². The van der Waals surface area contributed by atoms with Gasteiger partial charge < -0.3 is 0 Å². The van der Waals surface area contributed by atoms with Crippen LogP contribution >= 0.6 is 11.8 Å². The van der Waals surface area contributed by atoms with E-state index in [1.54, 1.807) is 16.7 Å². The summed E-state index contributed by atoms with van der Waals surface area (Å²) in [5.41, 5.74) is 0.815. The average Bonchev–Trinajstić information content (AvgIpc) is 2.68. The minimum absolute atomic E-state index is 0.143. The zero-order chi connectivity index (χ0) is 9.54. The fraction of sp³-hybridized carbons (Fsp3) is 0.429. The lowest BCUT2D eigenvalue weighted by molar-refractivity contribution is -0.136. The van der Waals surface area contributed by atoms with E-state index >= 15 is 0 Å². The van der Waals surface area contributed by atoms with E-state index in [0.29, 0.717) is 12.2 Å². The van der Waals surface area contributed by atoms with Crippen molar-refractivity contribution in [2.75, 3.05) is 5.75 Å². The lowest BCUT2D eigenvalue weighted by Gasteiger charge is -2.42. The maximum Gasteiger partial charge on any atom is 0.231 e. The summed E-state index contributed by atoms with van der Waals surface area (Å²) in [5.74, 6) is 1.62. The molecule has 1 aromatic rings. The third-order valence-corrected chi connectivity index (χ3v) is 3.44. The molecule has 3 rings (SSSR count). The summed E-state index contributed by atoms with van der Waals surface area (Å²) in [7, 11) is 0. The van der Waals surface area contributed by atoms with Gasteiger partial charge in [-0.2, -0.15) is 0 Å². The molecule has 0 bridgehead atoms. The van der Waals surface area contributed by atoms with Crippen LogP contribution in [0.3, 0.4) is 0 Å². The second-order valence-electron chi connectivity index (χ2n) is 3.10. The van der Waals surface area contributed by atoms with Crippen LogP contribution in [0.25, 0.3) is 5.70 Å². The molecular formula is C7H7N5OS. The first kappa shape index (κ1) is 7.98. The summed E-state index contributed by atoms with van der Waals surface area (Å²) < 4.78 is 0. The van der Waals surface area contributed by atoms with Gasteiger partial charge in [-0.05, 0) is 16.5 Å². The highest BCUT2D eigenvalue weighted by Gasteiger charge is 2.41. The van der Waals surface area contributed by atoms with Crippen LogP contribution in [0.15, 0.2) is 6.08 Å². The summed E-state index contributed by atoms with van der Waals surface area (Å²) in [6.07, 6.45) is 2.60. The summed E-state index contributed by atoms with van der Waals surface area (Å²) in [4.78, 5) is 13.1. The molecule has 1 N–H and O–H groups in total. The Labute approximate surface area is 83.7 Å². The highest BCUT2D eigenvalue weighted by atomic mass is 32.2. The Kier molecular flexibility index (Phi) is 1.60. The van der Waals surface area contributed by atoms with E-state index < -0.39 is 0 Å². The van der Waals surface area contributed by atoms with Crippen LogP contribution in [0.1, 0.15) is 12.2 Å². The molecule has 3 heterocycles. The molecule has 0 unspecified atom stereocenters. The number of aromatic amines is 1. The number of carbonyl (C=O) groups is 1. The van der Waals surface area contributed by atoms with Gasteiger partial charge in [0, 0.05) is 5.75 Å². The molecule has 0 aromatic carbocycles. The molecule has 2 aliphatic heterocycles. The monoisotopic (exact) mass is 209 g/mol. The Morgan fingerprint density at radius 2 is 2.57 bits per heavy atom. The van der Waals surface area contributed by atoms with Crippen LogP contribution < -0.4 is 0 Å². The summed E-state index contributed by atoms with van der Waals surface area (Å²) in [6.45, 7) is 0. The number of hydrogen-bond acceptors (Lipinski definition) is 5. The highest BCUT2D eigenvalue weighted by Crippen LogP contribution is 2.39. The SMILES string of the molecule is O=C1C[C@@H]2SCC=C(c3nnn[nH]3)N12. The molecular weight excluding hydrogens is 202 g/mol. The van der Waals surface area contributed by atoms with Gasteiger partial charge in [0.25, 0.3) is 0 Å². The van der Waals surface area contributed by atoms with Gasteiger partial charge in [0.1, 0.15) is 0 Å². The first-order valence-corrected chi connectivity index (χ1v) is 5.29. The minimum atomic E-state index is 0.143. The van der Waals surface area contributed by atoms with E-state index in [9.17, 15) is 4.79 Å². The number of tetrazole rings is 1. The molecule has 7 heteroatoms. The molecule has 2 aliphatic rings. The highest BCUT2D eigenvalue weighted by molar-refractivity contribution is 8.00. The average molecular weight is 209 g/mol. The lowest BCUT2D eigenvalue weighted by Crippen LogP contribution is -2.50. The number of thioether (sulfide) groups is 1. The van der Waals surface area contributed by atoms with Crippen LogP contribution in [0.5, 0.6) is 0 Å². The molecule has 0 saturated carbocycles. The smallest absolute Gasteiger partial charge is 0.231 e. The third-order valence-electron chi connectivity index (χ3n) is 2.32. The third kappa shape index (κ3) is 0.985. The second-order valence-corrected chi connectivity index (χ2v) is 4.31. The van der Waals surface area contributed by atoms with Gasteiger partial charge in [-0.15, -0.1) is 16.9 Å². The molecule has 1 saturated heterocycles. The van der Waals surface area contributed by atoms with Crippen molar-refractivity contribution in [2.24, 2.45) is 0 Å². The van der Waals surface area contributed by atoms with Gasteiger partial charge in [0.15, 0.2) is 5.82 Å². The molecule has 1 atom stereocenters. The number of carbonyl (C=O) groups excluding carboxylic acids is 1. The Morgan fingerprint density at radius 1 is 1.64 bits per heavy atom. The van der Waals surface area contributed by atoms with Crippen molar-refractivity contribution in [3.8, 4) is 0 Å². The number of fused-ring (bicyclic) bond motifs is 1. The second kappa shape index (κ2) is 2.81. The maximum absolute atomic E-state index is 11.4. The van der Waals surface area contributed by atoms with E-state index in [1.165, 1.54) is 0 Å². The molecule has 0 radical (unpaired) electrons. The van der Waals surface area contributed by atoms with Crippen LogP contribution in [0.4, 0.5) is 0 Å². The predicted octanol–water partition coefficient (Wildman–Crippen LogP) is -0.154. The predicted molar refractivity (Wildman–Crippen MR) is 49.9 cm³/mol. The zero-order valence-corrected chi connectivity index (χ0v) is 7.99. The van der Waals surface area contributed by atoms with Crippen LogP contribution in [0.2, 0.25) is 0 Å². The van der Waals surface area contributed by atoms with Crippen molar-refractivity contribution in [3.05, 3.63) is 11.9 Å². The molecule has 1 aromatic heterocycles. The molecule has 1 fully saturated rings. The number of nitrogens with one attached hydrogen (secondary N) is 1. The van der Waals surface area contributed by atoms with Gasteiger partial charge in [-0.3, -0.25) is 9.69 Å². The van der Waals surface area contributed by atoms with Crippen molar-refractivity contribution in [2.45, 2.75) is 11.8 Å². The maximum atomic E-state index is 11.4. The Morgan fingerprint density at radius 3 is 3.29 bits per heavy atom. The molecule has 1 amide bonds. The van der Waals surface area contributed by atoms with E-state index in [2.05, 4.69) is 20.6 Å². The quantitative estimate of drug-likeness (QED) is 0.651. The number of aromatic nitrogens is 4. The van der Waals surface area contributed by atoms with E-state index in [-0.39, 0.29) is 11.3 Å². The number of nitrogens with zero attached hydrogens (tertiary/aromatic N) is 4. The summed E-state index contributed by atoms with van der Waals surface area (Å²) in [5, 5.41) is 13.8. The topological polar surface area (TPSA) is 74.8 Å². The summed E-state index contributed by atoms with van der Waals surface area (Å²) >= 11 is 1.76. The number of H-pyrrole nitrogens is 1. The molecule has 6 nitrogen and oxygen atoms in total. The normalized spacial score (nSPS) is 25.4. The van der Waals surface area contributed by atoms with Crippen molar-refractivity contribution in [3.63, 3.8) is 0 Å². The molecule has 14 heavy (non-hydrogen) atoms. The number of β-lactam (4-membered cyclic amide) rings is 1. The molecule has 0 aliphatic carbocycles. The van der Waals surface area contributed by atoms with E-state index in [1.807, 2.05) is 6.08 Å². The van der Waals surface area contributed by atoms with Crippen LogP contribution in [-0.2, 0) is 4.79 Å². The first-order chi connectivity index (χ1) is 6.86. The Hall–Kier alpha value is -1.37. The standard InChI is InChI=1S/C7H7N5OS/c13-5-3-6-12(5)4(1-2-14-6)7-8-10-11-9-7/h1,6H,2-3H2,(H,8,9,10,11)/t6-/m0/s1. The number of rotatable bonds is 1. The first-order valence-electron chi connectivity index (χ1n) is 4.24. The minimum Gasteiger partial charge on any atom is -0.296 e. The van der Waals surface area contributed by atoms with Crippen molar-refractivity contribution >= 4 is 23.4 Å². The molecule has 0 spiro atoms. The largest absolute Gasteiger partial charge is 0.296 e. The van der Waals surface area contributed by atoms with Gasteiger partial charge >= 0.3 is 0 Å². The fourth-order valence-electron chi connectivity index (χ4n) is 1.63. The fourth-order valence-corrected chi connectivity index (χ4v) is 2.74.